The number of hydrogen-bond acceptors (Lipinski definition) is 6. The zero-order valence-electron chi connectivity index (χ0n) is 16.8. The highest BCUT2D eigenvalue weighted by molar-refractivity contribution is 5.93. The van der Waals surface area contributed by atoms with E-state index in [1.165, 1.54) is 5.56 Å². The van der Waals surface area contributed by atoms with Gasteiger partial charge in [0.2, 0.25) is 5.91 Å². The maximum atomic E-state index is 12.7. The number of nitrogens with zero attached hydrogens (tertiary/aromatic N) is 4. The van der Waals surface area contributed by atoms with E-state index in [2.05, 4.69) is 49.9 Å². The first kappa shape index (κ1) is 18.7. The van der Waals surface area contributed by atoms with Gasteiger partial charge < -0.3 is 10.1 Å². The van der Waals surface area contributed by atoms with E-state index in [9.17, 15) is 4.79 Å². The molecule has 8 heteroatoms. The molecule has 2 saturated carbocycles. The van der Waals surface area contributed by atoms with Gasteiger partial charge in [0.15, 0.2) is 5.82 Å². The molecule has 3 aliphatic rings. The molecule has 1 aliphatic heterocycles. The summed E-state index contributed by atoms with van der Waals surface area (Å²) in [6.07, 6.45) is 4.08. The molecule has 29 heavy (non-hydrogen) atoms. The SMILES string of the molecule is CC(c1cccc(NC(=O)C2CC3(C2)CC(c2nn[nH]n2)C3)c1)N1CCOCC1. The van der Waals surface area contributed by atoms with Gasteiger partial charge in [-0.1, -0.05) is 17.3 Å². The van der Waals surface area contributed by atoms with E-state index in [1.54, 1.807) is 0 Å². The van der Waals surface area contributed by atoms with E-state index < -0.39 is 0 Å². The molecule has 2 heterocycles. The number of benzene rings is 1. The van der Waals surface area contributed by atoms with Crippen LogP contribution in [0.4, 0.5) is 5.69 Å². The van der Waals surface area contributed by atoms with Crippen LogP contribution in [-0.4, -0.2) is 57.7 Å². The molecule has 1 atom stereocenters. The molecule has 5 rings (SSSR count). The van der Waals surface area contributed by atoms with E-state index in [4.69, 9.17) is 4.74 Å². The molecule has 1 aromatic carbocycles. The number of aromatic nitrogens is 4. The van der Waals surface area contributed by atoms with Crippen molar-refractivity contribution in [3.05, 3.63) is 35.7 Å². The second-order valence-electron chi connectivity index (χ2n) is 8.92. The zero-order valence-corrected chi connectivity index (χ0v) is 16.8. The van der Waals surface area contributed by atoms with Gasteiger partial charge in [0, 0.05) is 36.7 Å². The smallest absolute Gasteiger partial charge is 0.227 e. The van der Waals surface area contributed by atoms with Gasteiger partial charge in [-0.2, -0.15) is 5.21 Å². The molecule has 8 nitrogen and oxygen atoms in total. The number of carbonyl (C=O) groups is 1. The summed E-state index contributed by atoms with van der Waals surface area (Å²) in [5, 5.41) is 17.5. The topological polar surface area (TPSA) is 96.0 Å². The third-order valence-corrected chi connectivity index (χ3v) is 7.05. The monoisotopic (exact) mass is 396 g/mol. The highest BCUT2D eigenvalue weighted by Gasteiger charge is 2.55. The molecular weight excluding hydrogens is 368 g/mol. The lowest BCUT2D eigenvalue weighted by Gasteiger charge is -2.56. The number of anilines is 1. The molecule has 1 aromatic heterocycles. The van der Waals surface area contributed by atoms with Crippen LogP contribution in [0.3, 0.4) is 0 Å². The number of tetrazole rings is 1. The largest absolute Gasteiger partial charge is 0.379 e. The summed E-state index contributed by atoms with van der Waals surface area (Å²) >= 11 is 0. The van der Waals surface area contributed by atoms with E-state index >= 15 is 0 Å². The Morgan fingerprint density at radius 1 is 1.28 bits per heavy atom. The maximum Gasteiger partial charge on any atom is 0.227 e. The van der Waals surface area contributed by atoms with Crippen molar-refractivity contribution in [3.63, 3.8) is 0 Å². The van der Waals surface area contributed by atoms with E-state index in [1.807, 2.05) is 12.1 Å². The van der Waals surface area contributed by atoms with Gasteiger partial charge >= 0.3 is 0 Å². The summed E-state index contributed by atoms with van der Waals surface area (Å²) in [7, 11) is 0. The van der Waals surface area contributed by atoms with Crippen LogP contribution >= 0.6 is 0 Å². The normalized spacial score (nSPS) is 30.4. The van der Waals surface area contributed by atoms with Gasteiger partial charge in [-0.05, 0) is 55.7 Å². The Bertz CT molecular complexity index is 850. The van der Waals surface area contributed by atoms with E-state index in [0.717, 1.165) is 63.5 Å². The Balaban J connectivity index is 1.14. The fraction of sp³-hybridized carbons (Fsp3) is 0.619. The maximum absolute atomic E-state index is 12.7. The quantitative estimate of drug-likeness (QED) is 0.806. The molecule has 2 N–H and O–H groups in total. The number of carbonyl (C=O) groups excluding carboxylic acids is 1. The number of hydrogen-bond donors (Lipinski definition) is 2. The summed E-state index contributed by atoms with van der Waals surface area (Å²) in [6.45, 7) is 5.70. The predicted molar refractivity (Wildman–Crippen MR) is 107 cm³/mol. The molecule has 1 unspecified atom stereocenters. The first-order valence-electron chi connectivity index (χ1n) is 10.6. The lowest BCUT2D eigenvalue weighted by Crippen LogP contribution is -2.50. The summed E-state index contributed by atoms with van der Waals surface area (Å²) < 4.78 is 5.46. The Morgan fingerprint density at radius 3 is 2.79 bits per heavy atom. The number of rotatable bonds is 5. The third kappa shape index (κ3) is 3.67. The fourth-order valence-corrected chi connectivity index (χ4v) is 5.31. The zero-order chi connectivity index (χ0) is 19.8. The van der Waals surface area contributed by atoms with Crippen molar-refractivity contribution < 1.29 is 9.53 Å². The number of H-pyrrole nitrogens is 1. The van der Waals surface area contributed by atoms with Crippen molar-refractivity contribution >= 4 is 11.6 Å². The molecule has 0 bridgehead atoms. The Labute approximate surface area is 170 Å². The van der Waals surface area contributed by atoms with Crippen LogP contribution in [0, 0.1) is 11.3 Å². The molecule has 1 saturated heterocycles. The van der Waals surface area contributed by atoms with Crippen molar-refractivity contribution in [1.82, 2.24) is 25.5 Å². The predicted octanol–water partition coefficient (Wildman–Crippen LogP) is 2.51. The molecule has 154 valence electrons. The van der Waals surface area contributed by atoms with Crippen molar-refractivity contribution in [1.29, 1.82) is 0 Å². The molecule has 2 aliphatic carbocycles. The number of morpholine rings is 1. The van der Waals surface area contributed by atoms with Crippen LogP contribution in [0.15, 0.2) is 24.3 Å². The average molecular weight is 396 g/mol. The molecular formula is C21H28N6O2. The van der Waals surface area contributed by atoms with Crippen LogP contribution < -0.4 is 5.32 Å². The van der Waals surface area contributed by atoms with Gasteiger partial charge in [0.25, 0.3) is 0 Å². The molecule has 2 aromatic rings. The lowest BCUT2D eigenvalue weighted by molar-refractivity contribution is -0.132. The Morgan fingerprint density at radius 2 is 2.07 bits per heavy atom. The number of amides is 1. The molecule has 1 spiro atoms. The minimum atomic E-state index is 0.113. The Hall–Kier alpha value is -2.32. The van der Waals surface area contributed by atoms with Crippen LogP contribution in [0.1, 0.15) is 56.0 Å². The van der Waals surface area contributed by atoms with Crippen LogP contribution in [0.25, 0.3) is 0 Å². The van der Waals surface area contributed by atoms with E-state index in [-0.39, 0.29) is 11.8 Å². The van der Waals surface area contributed by atoms with Crippen molar-refractivity contribution in [3.8, 4) is 0 Å². The van der Waals surface area contributed by atoms with Crippen LogP contribution in [0.5, 0.6) is 0 Å². The first-order valence-corrected chi connectivity index (χ1v) is 10.6. The molecule has 0 radical (unpaired) electrons. The second kappa shape index (κ2) is 7.50. The van der Waals surface area contributed by atoms with Gasteiger partial charge in [-0.25, -0.2) is 0 Å². The molecule has 3 fully saturated rings. The second-order valence-corrected chi connectivity index (χ2v) is 8.92. The average Bonchev–Trinajstić information content (AvgIpc) is 3.20. The Kier molecular flexibility index (Phi) is 4.83. The van der Waals surface area contributed by atoms with Crippen molar-refractivity contribution in [2.24, 2.45) is 11.3 Å². The van der Waals surface area contributed by atoms with Crippen LogP contribution in [0.2, 0.25) is 0 Å². The van der Waals surface area contributed by atoms with Gasteiger partial charge in [-0.3, -0.25) is 9.69 Å². The standard InChI is InChI=1S/C21H28N6O2/c1-14(27-5-7-29-8-6-27)15-3-2-4-18(9-15)22-20(28)17-12-21(13-17)10-16(11-21)19-23-25-26-24-19/h2-4,9,14,16-17H,5-8,10-13H2,1H3,(H,22,28)(H,23,24,25,26). The van der Waals surface area contributed by atoms with Crippen molar-refractivity contribution in [2.45, 2.75) is 44.6 Å². The number of ether oxygens (including phenoxy) is 1. The van der Waals surface area contributed by atoms with Gasteiger partial charge in [-0.15, -0.1) is 10.2 Å². The number of aromatic amines is 1. The van der Waals surface area contributed by atoms with E-state index in [0.29, 0.717) is 17.4 Å². The summed E-state index contributed by atoms with van der Waals surface area (Å²) in [6, 6.07) is 8.59. The fourth-order valence-electron chi connectivity index (χ4n) is 5.31. The summed E-state index contributed by atoms with van der Waals surface area (Å²) in [5.74, 6) is 1.47. The lowest BCUT2D eigenvalue weighted by atomic mass is 9.48. The minimum absolute atomic E-state index is 0.113. The van der Waals surface area contributed by atoms with Crippen LogP contribution in [-0.2, 0) is 9.53 Å². The highest BCUT2D eigenvalue weighted by Crippen LogP contribution is 2.63. The highest BCUT2D eigenvalue weighted by atomic mass is 16.5. The first-order chi connectivity index (χ1) is 14.1. The summed E-state index contributed by atoms with van der Waals surface area (Å²) in [4.78, 5) is 15.2. The summed E-state index contributed by atoms with van der Waals surface area (Å²) in [5.41, 5.74) is 2.45. The van der Waals surface area contributed by atoms with Crippen molar-refractivity contribution in [2.75, 3.05) is 31.6 Å². The van der Waals surface area contributed by atoms with Gasteiger partial charge in [0.05, 0.1) is 13.2 Å². The molecule has 1 amide bonds. The minimum Gasteiger partial charge on any atom is -0.379 e. The third-order valence-electron chi connectivity index (χ3n) is 7.05. The van der Waals surface area contributed by atoms with Gasteiger partial charge in [0.1, 0.15) is 0 Å². The number of nitrogens with one attached hydrogen (secondary N) is 2.